The molecule has 3 aromatic carbocycles. The molecule has 0 saturated carbocycles. The van der Waals surface area contributed by atoms with Crippen LogP contribution in [-0.2, 0) is 25.4 Å². The van der Waals surface area contributed by atoms with E-state index in [0.29, 0.717) is 24.2 Å². The summed E-state index contributed by atoms with van der Waals surface area (Å²) in [5.74, 6) is 0. The number of nitrogens with one attached hydrogen (secondary N) is 2. The molecule has 0 saturated heterocycles. The summed E-state index contributed by atoms with van der Waals surface area (Å²) >= 11 is 0. The highest BCUT2D eigenvalue weighted by Crippen LogP contribution is 2.30. The maximum atomic E-state index is 12.6. The zero-order valence-corrected chi connectivity index (χ0v) is 15.6. The lowest BCUT2D eigenvalue weighted by Crippen LogP contribution is -2.06. The number of hydrogen-bond acceptors (Lipinski definition) is 2. The quantitative estimate of drug-likeness (QED) is 0.419. The number of anilines is 2. The van der Waals surface area contributed by atoms with Crippen molar-refractivity contribution < 1.29 is 26.3 Å². The van der Waals surface area contributed by atoms with Gasteiger partial charge in [0.15, 0.2) is 0 Å². The predicted molar refractivity (Wildman–Crippen MR) is 104 cm³/mol. The minimum absolute atomic E-state index is 0.371. The Labute approximate surface area is 169 Å². The average Bonchev–Trinajstić information content (AvgIpc) is 2.71. The van der Waals surface area contributed by atoms with E-state index >= 15 is 0 Å². The molecular formula is C22H18F6N2. The van der Waals surface area contributed by atoms with Gasteiger partial charge in [-0.3, -0.25) is 0 Å². The van der Waals surface area contributed by atoms with Crippen molar-refractivity contribution in [1.29, 1.82) is 0 Å². The molecule has 0 amide bonds. The van der Waals surface area contributed by atoms with Gasteiger partial charge in [-0.15, -0.1) is 0 Å². The molecule has 8 heteroatoms. The summed E-state index contributed by atoms with van der Waals surface area (Å²) in [6.07, 6.45) is -8.70. The summed E-state index contributed by atoms with van der Waals surface area (Å²) in [6, 6.07) is 17.1. The number of rotatable bonds is 6. The molecule has 0 atom stereocenters. The Morgan fingerprint density at radius 1 is 0.467 bits per heavy atom. The highest BCUT2D eigenvalue weighted by molar-refractivity contribution is 5.54. The van der Waals surface area contributed by atoms with Crippen LogP contribution in [0.1, 0.15) is 22.3 Å². The van der Waals surface area contributed by atoms with E-state index in [-0.39, 0.29) is 0 Å². The third kappa shape index (κ3) is 5.92. The number of halogens is 6. The molecule has 158 valence electrons. The minimum Gasteiger partial charge on any atom is -0.381 e. The van der Waals surface area contributed by atoms with Gasteiger partial charge in [0, 0.05) is 24.5 Å². The van der Waals surface area contributed by atoms with Crippen molar-refractivity contribution in [3.05, 3.63) is 95.1 Å². The molecule has 0 aliphatic heterocycles. The summed E-state index contributed by atoms with van der Waals surface area (Å²) in [4.78, 5) is 0. The number of alkyl halides is 6. The molecule has 0 heterocycles. The van der Waals surface area contributed by atoms with Gasteiger partial charge in [-0.05, 0) is 59.7 Å². The topological polar surface area (TPSA) is 24.1 Å². The van der Waals surface area contributed by atoms with Gasteiger partial charge in [0.25, 0.3) is 0 Å². The normalized spacial score (nSPS) is 11.9. The third-order valence-electron chi connectivity index (χ3n) is 4.44. The van der Waals surface area contributed by atoms with Gasteiger partial charge in [0.05, 0.1) is 11.1 Å². The second-order valence-electron chi connectivity index (χ2n) is 6.67. The van der Waals surface area contributed by atoms with Crippen LogP contribution in [0.3, 0.4) is 0 Å². The zero-order chi connectivity index (χ0) is 21.8. The standard InChI is InChI=1S/C22H18F6N2/c23-21(24,25)17-5-1-15(2-6-17)13-29-19-9-11-20(12-10-19)30-14-16-3-7-18(8-4-16)22(26,27)28/h1-12,29-30H,13-14H2. The van der Waals surface area contributed by atoms with E-state index < -0.39 is 23.5 Å². The van der Waals surface area contributed by atoms with E-state index in [1.807, 2.05) is 0 Å². The molecule has 0 fully saturated rings. The Balaban J connectivity index is 1.50. The average molecular weight is 424 g/mol. The molecule has 0 radical (unpaired) electrons. The molecule has 0 aliphatic carbocycles. The lowest BCUT2D eigenvalue weighted by Gasteiger charge is -2.11. The van der Waals surface area contributed by atoms with Crippen LogP contribution < -0.4 is 10.6 Å². The molecule has 0 bridgehead atoms. The highest BCUT2D eigenvalue weighted by atomic mass is 19.4. The van der Waals surface area contributed by atoms with Crippen LogP contribution in [-0.4, -0.2) is 0 Å². The monoisotopic (exact) mass is 424 g/mol. The fourth-order valence-corrected chi connectivity index (χ4v) is 2.74. The largest absolute Gasteiger partial charge is 0.416 e. The fraction of sp³-hybridized carbons (Fsp3) is 0.182. The van der Waals surface area contributed by atoms with E-state index in [0.717, 1.165) is 35.6 Å². The molecule has 30 heavy (non-hydrogen) atoms. The van der Waals surface area contributed by atoms with Gasteiger partial charge in [0.2, 0.25) is 0 Å². The maximum Gasteiger partial charge on any atom is 0.416 e. The van der Waals surface area contributed by atoms with E-state index in [1.54, 1.807) is 24.3 Å². The first-order valence-electron chi connectivity index (χ1n) is 9.01. The van der Waals surface area contributed by atoms with Crippen LogP contribution in [0.5, 0.6) is 0 Å². The smallest absolute Gasteiger partial charge is 0.381 e. The molecule has 3 rings (SSSR count). The Morgan fingerprint density at radius 3 is 1.03 bits per heavy atom. The van der Waals surface area contributed by atoms with Crippen LogP contribution in [0.4, 0.5) is 37.7 Å². The lowest BCUT2D eigenvalue weighted by atomic mass is 10.1. The maximum absolute atomic E-state index is 12.6. The van der Waals surface area contributed by atoms with Crippen LogP contribution in [0, 0.1) is 0 Å². The summed E-state index contributed by atoms with van der Waals surface area (Å²) in [7, 11) is 0. The Kier molecular flexibility index (Phi) is 6.24. The second-order valence-corrected chi connectivity index (χ2v) is 6.67. The Hall–Kier alpha value is -3.16. The molecule has 0 unspecified atom stereocenters. The second kappa shape index (κ2) is 8.69. The van der Waals surface area contributed by atoms with Gasteiger partial charge in [0.1, 0.15) is 0 Å². The van der Waals surface area contributed by atoms with E-state index in [4.69, 9.17) is 0 Å². The van der Waals surface area contributed by atoms with E-state index in [2.05, 4.69) is 10.6 Å². The minimum atomic E-state index is -4.35. The van der Waals surface area contributed by atoms with Crippen molar-refractivity contribution in [3.63, 3.8) is 0 Å². The first-order valence-corrected chi connectivity index (χ1v) is 9.01. The van der Waals surface area contributed by atoms with Gasteiger partial charge < -0.3 is 10.6 Å². The summed E-state index contributed by atoms with van der Waals surface area (Å²) in [6.45, 7) is 0.743. The molecule has 2 nitrogen and oxygen atoms in total. The van der Waals surface area contributed by atoms with Crippen molar-refractivity contribution >= 4 is 11.4 Å². The molecular weight excluding hydrogens is 406 g/mol. The van der Waals surface area contributed by atoms with Crippen LogP contribution in [0.25, 0.3) is 0 Å². The van der Waals surface area contributed by atoms with E-state index in [1.165, 1.54) is 24.3 Å². The predicted octanol–water partition coefficient (Wildman–Crippen LogP) is 6.95. The lowest BCUT2D eigenvalue weighted by molar-refractivity contribution is -0.138. The number of benzene rings is 3. The summed E-state index contributed by atoms with van der Waals surface area (Å²) in [5, 5.41) is 6.25. The zero-order valence-electron chi connectivity index (χ0n) is 15.6. The van der Waals surface area contributed by atoms with Crippen LogP contribution >= 0.6 is 0 Å². The SMILES string of the molecule is FC(F)(F)c1ccc(CNc2ccc(NCc3ccc(C(F)(F)F)cc3)cc2)cc1. The molecule has 0 aromatic heterocycles. The summed E-state index contributed by atoms with van der Waals surface area (Å²) < 4.78 is 75.5. The van der Waals surface area contributed by atoms with Gasteiger partial charge >= 0.3 is 12.4 Å². The molecule has 0 spiro atoms. The molecule has 0 aliphatic rings. The van der Waals surface area contributed by atoms with Gasteiger partial charge in [-0.2, -0.15) is 26.3 Å². The molecule has 3 aromatic rings. The Bertz CT molecular complexity index is 863. The third-order valence-corrected chi connectivity index (χ3v) is 4.44. The van der Waals surface area contributed by atoms with Gasteiger partial charge in [-0.1, -0.05) is 24.3 Å². The van der Waals surface area contributed by atoms with Gasteiger partial charge in [-0.25, -0.2) is 0 Å². The first-order chi connectivity index (χ1) is 14.1. The van der Waals surface area contributed by atoms with Crippen molar-refractivity contribution in [2.75, 3.05) is 10.6 Å². The van der Waals surface area contributed by atoms with Crippen molar-refractivity contribution in [2.24, 2.45) is 0 Å². The molecule has 2 N–H and O–H groups in total. The Morgan fingerprint density at radius 2 is 0.767 bits per heavy atom. The van der Waals surface area contributed by atoms with Crippen molar-refractivity contribution in [2.45, 2.75) is 25.4 Å². The van der Waals surface area contributed by atoms with Crippen molar-refractivity contribution in [1.82, 2.24) is 0 Å². The van der Waals surface area contributed by atoms with E-state index in [9.17, 15) is 26.3 Å². The summed E-state index contributed by atoms with van der Waals surface area (Å²) in [5.41, 5.74) is 1.63. The van der Waals surface area contributed by atoms with Crippen LogP contribution in [0.15, 0.2) is 72.8 Å². The highest BCUT2D eigenvalue weighted by Gasteiger charge is 2.30. The number of hydrogen-bond donors (Lipinski definition) is 2. The van der Waals surface area contributed by atoms with Crippen molar-refractivity contribution in [3.8, 4) is 0 Å². The van der Waals surface area contributed by atoms with Crippen LogP contribution in [0.2, 0.25) is 0 Å². The first kappa shape index (κ1) is 21.5. The fourth-order valence-electron chi connectivity index (χ4n) is 2.74.